The van der Waals surface area contributed by atoms with Gasteiger partial charge >= 0.3 is 0 Å². The van der Waals surface area contributed by atoms with E-state index in [0.29, 0.717) is 0 Å². The lowest BCUT2D eigenvalue weighted by Gasteiger charge is -2.15. The zero-order chi connectivity index (χ0) is 11.1. The summed E-state index contributed by atoms with van der Waals surface area (Å²) >= 11 is 0. The summed E-state index contributed by atoms with van der Waals surface area (Å²) in [6.07, 6.45) is 13.3. The molecule has 0 aromatic carbocycles. The Bertz CT molecular complexity index is 276. The van der Waals surface area contributed by atoms with Crippen LogP contribution in [0.25, 0.3) is 0 Å². The van der Waals surface area contributed by atoms with E-state index in [1.165, 1.54) is 44.1 Å². The molecule has 1 saturated carbocycles. The van der Waals surface area contributed by atoms with E-state index in [-0.39, 0.29) is 0 Å². The summed E-state index contributed by atoms with van der Waals surface area (Å²) in [6, 6.07) is 4.98. The van der Waals surface area contributed by atoms with Crippen LogP contribution >= 0.6 is 0 Å². The number of rotatable bonds is 4. The molecular weight excluding hydrogens is 196 g/mol. The summed E-state index contributed by atoms with van der Waals surface area (Å²) in [5, 5.41) is 3.69. The Hall–Kier alpha value is -0.890. The lowest BCUT2D eigenvalue weighted by Crippen LogP contribution is -2.30. The maximum Gasteiger partial charge on any atom is 0.0270 e. The monoisotopic (exact) mass is 218 g/mol. The van der Waals surface area contributed by atoms with Gasteiger partial charge in [0.15, 0.2) is 0 Å². The van der Waals surface area contributed by atoms with Gasteiger partial charge in [-0.3, -0.25) is 4.98 Å². The van der Waals surface area contributed by atoms with Crippen molar-refractivity contribution >= 4 is 0 Å². The standard InChI is InChI=1S/C14H22N2/c1-2-4-6-14(5-3-1)16-12-9-13-7-10-15-11-8-13/h7-8,10-11,14,16H,1-6,9,12H2. The Morgan fingerprint density at radius 3 is 2.44 bits per heavy atom. The highest BCUT2D eigenvalue weighted by Crippen LogP contribution is 2.17. The third kappa shape index (κ3) is 3.93. The summed E-state index contributed by atoms with van der Waals surface area (Å²) in [4.78, 5) is 4.04. The van der Waals surface area contributed by atoms with Crippen LogP contribution in [0.4, 0.5) is 0 Å². The van der Waals surface area contributed by atoms with E-state index in [1.807, 2.05) is 12.4 Å². The molecule has 0 radical (unpaired) electrons. The van der Waals surface area contributed by atoms with Crippen molar-refractivity contribution in [2.45, 2.75) is 51.0 Å². The van der Waals surface area contributed by atoms with E-state index in [0.717, 1.165) is 19.0 Å². The van der Waals surface area contributed by atoms with Gasteiger partial charge in [-0.15, -0.1) is 0 Å². The number of aromatic nitrogens is 1. The van der Waals surface area contributed by atoms with Crippen LogP contribution in [0.5, 0.6) is 0 Å². The number of nitrogens with zero attached hydrogens (tertiary/aromatic N) is 1. The third-order valence-corrected chi connectivity index (χ3v) is 3.45. The van der Waals surface area contributed by atoms with E-state index >= 15 is 0 Å². The zero-order valence-electron chi connectivity index (χ0n) is 9.99. The van der Waals surface area contributed by atoms with Gasteiger partial charge in [-0.05, 0) is 43.5 Å². The van der Waals surface area contributed by atoms with Crippen LogP contribution in [0.2, 0.25) is 0 Å². The number of nitrogens with one attached hydrogen (secondary N) is 1. The molecule has 1 aromatic heterocycles. The molecule has 2 heteroatoms. The molecule has 2 rings (SSSR count). The number of hydrogen-bond acceptors (Lipinski definition) is 2. The maximum absolute atomic E-state index is 4.04. The smallest absolute Gasteiger partial charge is 0.0270 e. The molecule has 0 saturated heterocycles. The first-order chi connectivity index (χ1) is 7.95. The molecule has 1 aliphatic rings. The number of pyridine rings is 1. The Morgan fingerprint density at radius 1 is 1.06 bits per heavy atom. The van der Waals surface area contributed by atoms with Crippen molar-refractivity contribution in [2.24, 2.45) is 0 Å². The fourth-order valence-electron chi connectivity index (χ4n) is 2.45. The predicted octanol–water partition coefficient (Wildman–Crippen LogP) is 2.94. The van der Waals surface area contributed by atoms with Crippen molar-refractivity contribution in [1.29, 1.82) is 0 Å². The Morgan fingerprint density at radius 2 is 1.75 bits per heavy atom. The molecule has 88 valence electrons. The molecule has 2 nitrogen and oxygen atoms in total. The first-order valence-electron chi connectivity index (χ1n) is 6.57. The molecular formula is C14H22N2. The van der Waals surface area contributed by atoms with Crippen LogP contribution in [-0.4, -0.2) is 17.6 Å². The van der Waals surface area contributed by atoms with E-state index in [1.54, 1.807) is 0 Å². The van der Waals surface area contributed by atoms with Crippen molar-refractivity contribution in [3.05, 3.63) is 30.1 Å². The first-order valence-corrected chi connectivity index (χ1v) is 6.57. The lowest BCUT2D eigenvalue weighted by molar-refractivity contribution is 0.463. The lowest BCUT2D eigenvalue weighted by atomic mass is 10.1. The van der Waals surface area contributed by atoms with Gasteiger partial charge in [0.05, 0.1) is 0 Å². The summed E-state index contributed by atoms with van der Waals surface area (Å²) < 4.78 is 0. The van der Waals surface area contributed by atoms with Gasteiger partial charge in [-0.2, -0.15) is 0 Å². The maximum atomic E-state index is 4.04. The van der Waals surface area contributed by atoms with E-state index in [2.05, 4.69) is 22.4 Å². The summed E-state index contributed by atoms with van der Waals surface area (Å²) in [7, 11) is 0. The summed E-state index contributed by atoms with van der Waals surface area (Å²) in [5.74, 6) is 0. The van der Waals surface area contributed by atoms with Crippen LogP contribution in [0.15, 0.2) is 24.5 Å². The molecule has 0 bridgehead atoms. The second kappa shape index (κ2) is 6.64. The summed E-state index contributed by atoms with van der Waals surface area (Å²) in [6.45, 7) is 1.11. The molecule has 0 aliphatic heterocycles. The highest BCUT2D eigenvalue weighted by Gasteiger charge is 2.10. The van der Waals surface area contributed by atoms with Gasteiger partial charge in [0.25, 0.3) is 0 Å². The van der Waals surface area contributed by atoms with Crippen LogP contribution < -0.4 is 5.32 Å². The fraction of sp³-hybridized carbons (Fsp3) is 0.643. The van der Waals surface area contributed by atoms with Crippen LogP contribution in [-0.2, 0) is 6.42 Å². The molecule has 0 unspecified atom stereocenters. The Balaban J connectivity index is 1.67. The average Bonchev–Trinajstić information content (AvgIpc) is 2.59. The van der Waals surface area contributed by atoms with Gasteiger partial charge in [0.2, 0.25) is 0 Å². The molecule has 16 heavy (non-hydrogen) atoms. The minimum absolute atomic E-state index is 0.768. The van der Waals surface area contributed by atoms with Crippen molar-refractivity contribution in [3.63, 3.8) is 0 Å². The second-order valence-corrected chi connectivity index (χ2v) is 4.75. The predicted molar refractivity (Wildman–Crippen MR) is 67.4 cm³/mol. The molecule has 1 fully saturated rings. The molecule has 0 amide bonds. The second-order valence-electron chi connectivity index (χ2n) is 4.75. The SMILES string of the molecule is c1cc(CCNC2CCCCCC2)ccn1. The molecule has 1 aliphatic carbocycles. The zero-order valence-corrected chi connectivity index (χ0v) is 9.99. The van der Waals surface area contributed by atoms with Gasteiger partial charge in [-0.1, -0.05) is 25.7 Å². The normalized spacial score (nSPS) is 18.2. The van der Waals surface area contributed by atoms with Crippen molar-refractivity contribution in [2.75, 3.05) is 6.54 Å². The highest BCUT2D eigenvalue weighted by molar-refractivity contribution is 5.09. The average molecular weight is 218 g/mol. The molecule has 1 aromatic rings. The van der Waals surface area contributed by atoms with Gasteiger partial charge in [0, 0.05) is 18.4 Å². The molecule has 0 spiro atoms. The third-order valence-electron chi connectivity index (χ3n) is 3.45. The summed E-state index contributed by atoms with van der Waals surface area (Å²) in [5.41, 5.74) is 1.39. The van der Waals surface area contributed by atoms with Crippen molar-refractivity contribution in [3.8, 4) is 0 Å². The van der Waals surface area contributed by atoms with Crippen molar-refractivity contribution < 1.29 is 0 Å². The highest BCUT2D eigenvalue weighted by atomic mass is 14.9. The van der Waals surface area contributed by atoms with E-state index < -0.39 is 0 Å². The molecule has 1 N–H and O–H groups in total. The Kier molecular flexibility index (Phi) is 4.81. The first kappa shape index (κ1) is 11.6. The van der Waals surface area contributed by atoms with Gasteiger partial charge < -0.3 is 5.32 Å². The molecule has 1 heterocycles. The van der Waals surface area contributed by atoms with Crippen molar-refractivity contribution in [1.82, 2.24) is 10.3 Å². The largest absolute Gasteiger partial charge is 0.314 e. The quantitative estimate of drug-likeness (QED) is 0.786. The minimum atomic E-state index is 0.768. The Labute approximate surface area is 98.5 Å². The van der Waals surface area contributed by atoms with E-state index in [4.69, 9.17) is 0 Å². The van der Waals surface area contributed by atoms with Crippen LogP contribution in [0.1, 0.15) is 44.1 Å². The van der Waals surface area contributed by atoms with E-state index in [9.17, 15) is 0 Å². The van der Waals surface area contributed by atoms with Crippen LogP contribution in [0, 0.1) is 0 Å². The van der Waals surface area contributed by atoms with Gasteiger partial charge in [0.1, 0.15) is 0 Å². The minimum Gasteiger partial charge on any atom is -0.314 e. The topological polar surface area (TPSA) is 24.9 Å². The fourth-order valence-corrected chi connectivity index (χ4v) is 2.45. The molecule has 0 atom stereocenters. The van der Waals surface area contributed by atoms with Gasteiger partial charge in [-0.25, -0.2) is 0 Å². The number of hydrogen-bond donors (Lipinski definition) is 1. The van der Waals surface area contributed by atoms with Crippen LogP contribution in [0.3, 0.4) is 0 Å².